The topological polar surface area (TPSA) is 81.8 Å². The van der Waals surface area contributed by atoms with Gasteiger partial charge in [0.2, 0.25) is 5.91 Å². The van der Waals surface area contributed by atoms with E-state index >= 15 is 0 Å². The largest absolute Gasteiger partial charge is 0.354 e. The monoisotopic (exact) mass is 270 g/mol. The lowest BCUT2D eigenvalue weighted by molar-refractivity contribution is -0.130. The van der Waals surface area contributed by atoms with E-state index in [1.807, 2.05) is 0 Å². The number of nitrogens with zero attached hydrogens (tertiary/aromatic N) is 2. The Balaban J connectivity index is 2.18. The first kappa shape index (κ1) is 15.4. The average Bonchev–Trinajstić information content (AvgIpc) is 2.71. The van der Waals surface area contributed by atoms with Crippen molar-refractivity contribution in [2.75, 3.05) is 39.3 Å². The molecular formula is C12H22N4O3. The number of amides is 4. The predicted molar refractivity (Wildman–Crippen MR) is 70.5 cm³/mol. The molecule has 2 N–H and O–H groups in total. The van der Waals surface area contributed by atoms with Crippen molar-refractivity contribution in [1.29, 1.82) is 0 Å². The van der Waals surface area contributed by atoms with Crippen molar-refractivity contribution in [2.45, 2.75) is 20.3 Å². The Morgan fingerprint density at radius 3 is 2.58 bits per heavy atom. The number of carbonyl (C=O) groups is 3. The van der Waals surface area contributed by atoms with Crippen LogP contribution in [0, 0.1) is 0 Å². The fourth-order valence-electron chi connectivity index (χ4n) is 1.89. The van der Waals surface area contributed by atoms with Gasteiger partial charge in [0.1, 0.15) is 6.54 Å². The molecule has 1 saturated heterocycles. The lowest BCUT2D eigenvalue weighted by Crippen LogP contribution is -2.41. The number of urea groups is 1. The van der Waals surface area contributed by atoms with Gasteiger partial charge in [0.15, 0.2) is 0 Å². The summed E-state index contributed by atoms with van der Waals surface area (Å²) in [6, 6.07) is -0.497. The molecule has 0 aromatic carbocycles. The summed E-state index contributed by atoms with van der Waals surface area (Å²) < 4.78 is 0. The molecule has 7 nitrogen and oxygen atoms in total. The molecule has 4 amide bonds. The molecule has 0 aromatic rings. The minimum Gasteiger partial charge on any atom is -0.354 e. The van der Waals surface area contributed by atoms with Crippen molar-refractivity contribution in [3.05, 3.63) is 0 Å². The fourth-order valence-corrected chi connectivity index (χ4v) is 1.89. The van der Waals surface area contributed by atoms with Gasteiger partial charge in [0.25, 0.3) is 5.91 Å². The zero-order valence-corrected chi connectivity index (χ0v) is 11.6. The first-order valence-electron chi connectivity index (χ1n) is 6.65. The average molecular weight is 270 g/mol. The molecule has 0 unspecified atom stereocenters. The molecule has 0 saturated carbocycles. The molecule has 0 aliphatic carbocycles. The van der Waals surface area contributed by atoms with E-state index in [1.165, 1.54) is 0 Å². The summed E-state index contributed by atoms with van der Waals surface area (Å²) in [6.45, 7) is 7.44. The van der Waals surface area contributed by atoms with Gasteiger partial charge in [-0.2, -0.15) is 0 Å². The fraction of sp³-hybridized carbons (Fsp3) is 0.750. The Morgan fingerprint density at radius 1 is 1.37 bits per heavy atom. The summed E-state index contributed by atoms with van der Waals surface area (Å²) in [5.74, 6) is -0.659. The molecule has 0 bridgehead atoms. The van der Waals surface area contributed by atoms with Crippen molar-refractivity contribution in [2.24, 2.45) is 0 Å². The molecule has 1 aliphatic rings. The van der Waals surface area contributed by atoms with Crippen molar-refractivity contribution in [1.82, 2.24) is 20.4 Å². The molecule has 1 fully saturated rings. The highest BCUT2D eigenvalue weighted by atomic mass is 16.2. The molecular weight excluding hydrogens is 248 g/mol. The minimum absolute atomic E-state index is 0.0198. The van der Waals surface area contributed by atoms with E-state index in [0.717, 1.165) is 31.0 Å². The summed E-state index contributed by atoms with van der Waals surface area (Å²) in [4.78, 5) is 37.3. The standard InChI is InChI=1S/C12H22N4O3/c1-3-15(4-2)7-5-6-13-10(17)9-16-11(18)8-14-12(16)19/h3-9H2,1-2H3,(H,13,17)(H,14,19). The van der Waals surface area contributed by atoms with Crippen LogP contribution in [0.25, 0.3) is 0 Å². The summed E-state index contributed by atoms with van der Waals surface area (Å²) in [5, 5.41) is 5.09. The van der Waals surface area contributed by atoms with Crippen LogP contribution in [-0.4, -0.2) is 66.9 Å². The molecule has 7 heteroatoms. The van der Waals surface area contributed by atoms with Gasteiger partial charge in [-0.25, -0.2) is 4.79 Å². The zero-order chi connectivity index (χ0) is 14.3. The zero-order valence-electron chi connectivity index (χ0n) is 11.6. The minimum atomic E-state index is -0.497. The summed E-state index contributed by atoms with van der Waals surface area (Å²) in [7, 11) is 0. The van der Waals surface area contributed by atoms with E-state index in [4.69, 9.17) is 0 Å². The third-order valence-corrected chi connectivity index (χ3v) is 3.11. The maximum atomic E-state index is 11.6. The number of hydrogen-bond acceptors (Lipinski definition) is 4. The van der Waals surface area contributed by atoms with Gasteiger partial charge < -0.3 is 15.5 Å². The molecule has 0 radical (unpaired) electrons. The third kappa shape index (κ3) is 4.86. The van der Waals surface area contributed by atoms with E-state index in [1.54, 1.807) is 0 Å². The molecule has 0 spiro atoms. The maximum absolute atomic E-state index is 11.6. The van der Waals surface area contributed by atoms with Crippen LogP contribution >= 0.6 is 0 Å². The normalized spacial score (nSPS) is 15.0. The summed E-state index contributed by atoms with van der Waals surface area (Å²) in [5.41, 5.74) is 0. The second-order valence-electron chi connectivity index (χ2n) is 4.37. The Morgan fingerprint density at radius 2 is 2.05 bits per heavy atom. The van der Waals surface area contributed by atoms with Gasteiger partial charge in [-0.1, -0.05) is 13.8 Å². The van der Waals surface area contributed by atoms with Crippen LogP contribution in [0.1, 0.15) is 20.3 Å². The van der Waals surface area contributed by atoms with Gasteiger partial charge in [-0.3, -0.25) is 14.5 Å². The molecule has 1 rings (SSSR count). The Kier molecular flexibility index (Phi) is 6.27. The first-order chi connectivity index (χ1) is 9.08. The van der Waals surface area contributed by atoms with Gasteiger partial charge in [0, 0.05) is 6.54 Å². The number of hydrogen-bond donors (Lipinski definition) is 2. The highest BCUT2D eigenvalue weighted by Crippen LogP contribution is 1.97. The second-order valence-corrected chi connectivity index (χ2v) is 4.37. The third-order valence-electron chi connectivity index (χ3n) is 3.11. The van der Waals surface area contributed by atoms with E-state index in [2.05, 4.69) is 29.4 Å². The maximum Gasteiger partial charge on any atom is 0.325 e. The quantitative estimate of drug-likeness (QED) is 0.455. The number of rotatable bonds is 8. The van der Waals surface area contributed by atoms with Crippen molar-refractivity contribution in [3.8, 4) is 0 Å². The molecule has 0 aromatic heterocycles. The smallest absolute Gasteiger partial charge is 0.325 e. The van der Waals surface area contributed by atoms with Crippen molar-refractivity contribution < 1.29 is 14.4 Å². The van der Waals surface area contributed by atoms with Gasteiger partial charge in [-0.05, 0) is 26.1 Å². The number of imide groups is 1. The second kappa shape index (κ2) is 7.73. The van der Waals surface area contributed by atoms with Gasteiger partial charge >= 0.3 is 6.03 Å². The molecule has 0 atom stereocenters. The molecule has 19 heavy (non-hydrogen) atoms. The van der Waals surface area contributed by atoms with Crippen LogP contribution < -0.4 is 10.6 Å². The highest BCUT2D eigenvalue weighted by molar-refractivity contribution is 6.04. The molecule has 108 valence electrons. The number of nitrogens with one attached hydrogen (secondary N) is 2. The van der Waals surface area contributed by atoms with Crippen LogP contribution in [0.15, 0.2) is 0 Å². The van der Waals surface area contributed by atoms with E-state index < -0.39 is 6.03 Å². The Bertz CT molecular complexity index is 326. The molecule has 1 aliphatic heterocycles. The lowest BCUT2D eigenvalue weighted by Gasteiger charge is -2.18. The van der Waals surface area contributed by atoms with Crippen LogP contribution in [0.4, 0.5) is 4.79 Å². The van der Waals surface area contributed by atoms with Crippen LogP contribution in [-0.2, 0) is 9.59 Å². The van der Waals surface area contributed by atoms with Crippen LogP contribution in [0.5, 0.6) is 0 Å². The first-order valence-corrected chi connectivity index (χ1v) is 6.65. The van der Waals surface area contributed by atoms with E-state index in [9.17, 15) is 14.4 Å². The molecule has 1 heterocycles. The Hall–Kier alpha value is -1.63. The van der Waals surface area contributed by atoms with Gasteiger partial charge in [0.05, 0.1) is 6.54 Å². The Labute approximate surface area is 113 Å². The van der Waals surface area contributed by atoms with Crippen LogP contribution in [0.3, 0.4) is 0 Å². The van der Waals surface area contributed by atoms with Crippen molar-refractivity contribution in [3.63, 3.8) is 0 Å². The summed E-state index contributed by atoms with van der Waals surface area (Å²) >= 11 is 0. The summed E-state index contributed by atoms with van der Waals surface area (Å²) in [6.07, 6.45) is 0.855. The number of carbonyl (C=O) groups excluding carboxylic acids is 3. The highest BCUT2D eigenvalue weighted by Gasteiger charge is 2.29. The van der Waals surface area contributed by atoms with Crippen LogP contribution in [0.2, 0.25) is 0 Å². The van der Waals surface area contributed by atoms with E-state index in [-0.39, 0.29) is 24.9 Å². The predicted octanol–water partition coefficient (Wildman–Crippen LogP) is -0.614. The van der Waals surface area contributed by atoms with E-state index in [0.29, 0.717) is 6.54 Å². The van der Waals surface area contributed by atoms with Gasteiger partial charge in [-0.15, -0.1) is 0 Å². The van der Waals surface area contributed by atoms with Crippen molar-refractivity contribution >= 4 is 17.8 Å². The lowest BCUT2D eigenvalue weighted by atomic mass is 10.3. The SMILES string of the molecule is CCN(CC)CCCNC(=O)CN1C(=O)CNC1=O.